The second-order valence-corrected chi connectivity index (χ2v) is 8.91. The molecule has 0 aliphatic carbocycles. The largest absolute Gasteiger partial charge is 0.228 e. The first kappa shape index (κ1) is 10.2. The maximum atomic E-state index is 5.64. The van der Waals surface area contributed by atoms with Crippen molar-refractivity contribution in [3.63, 3.8) is 0 Å². The first-order valence-corrected chi connectivity index (χ1v) is 7.86. The summed E-state index contributed by atoms with van der Waals surface area (Å²) in [6.07, 6.45) is 3.12. The molecule has 0 radical (unpaired) electrons. The van der Waals surface area contributed by atoms with Crippen LogP contribution in [0.25, 0.3) is 0 Å². The van der Waals surface area contributed by atoms with E-state index in [0.29, 0.717) is 10.8 Å². The van der Waals surface area contributed by atoms with E-state index in [2.05, 4.69) is 41.1 Å². The van der Waals surface area contributed by atoms with Gasteiger partial charge in [-0.1, -0.05) is 31.2 Å². The van der Waals surface area contributed by atoms with Gasteiger partial charge in [0, 0.05) is 0 Å². The summed E-state index contributed by atoms with van der Waals surface area (Å²) in [6.45, 7) is 6.53. The van der Waals surface area contributed by atoms with E-state index >= 15 is 0 Å². The molecule has 1 aromatic heterocycles. The Bertz CT molecular complexity index is 343. The molecule has 0 spiro atoms. The standard InChI is InChI=1S/C9H11ClN2Si/c1-13(2,3)5-4-9-11-6-8(10)7-12-9/h6-7H,1-3H3. The molecule has 13 heavy (non-hydrogen) atoms. The van der Waals surface area contributed by atoms with Gasteiger partial charge in [-0.05, 0) is 5.92 Å². The van der Waals surface area contributed by atoms with Crippen LogP contribution in [0.15, 0.2) is 12.4 Å². The summed E-state index contributed by atoms with van der Waals surface area (Å²) in [6, 6.07) is 0. The molecule has 68 valence electrons. The van der Waals surface area contributed by atoms with Crippen LogP contribution in [-0.2, 0) is 0 Å². The van der Waals surface area contributed by atoms with Crippen molar-refractivity contribution in [3.05, 3.63) is 23.2 Å². The van der Waals surface area contributed by atoms with Crippen molar-refractivity contribution < 1.29 is 0 Å². The summed E-state index contributed by atoms with van der Waals surface area (Å²) in [7, 11) is -1.33. The molecule has 0 amide bonds. The molecule has 0 N–H and O–H groups in total. The van der Waals surface area contributed by atoms with E-state index in [-0.39, 0.29) is 0 Å². The van der Waals surface area contributed by atoms with E-state index in [0.717, 1.165) is 0 Å². The Kier molecular flexibility index (Phi) is 3.07. The number of hydrogen-bond acceptors (Lipinski definition) is 2. The van der Waals surface area contributed by atoms with Crippen molar-refractivity contribution in [2.75, 3.05) is 0 Å². The van der Waals surface area contributed by atoms with Gasteiger partial charge in [0.15, 0.2) is 0 Å². The molecule has 2 nitrogen and oxygen atoms in total. The zero-order valence-corrected chi connectivity index (χ0v) is 9.68. The highest BCUT2D eigenvalue weighted by molar-refractivity contribution is 6.83. The van der Waals surface area contributed by atoms with Gasteiger partial charge in [-0.3, -0.25) is 0 Å². The molecule has 0 saturated carbocycles. The number of halogens is 1. The zero-order valence-electron chi connectivity index (χ0n) is 7.93. The molecule has 0 aliphatic heterocycles. The number of aromatic nitrogens is 2. The minimum absolute atomic E-state index is 0.540. The zero-order chi connectivity index (χ0) is 9.90. The fraction of sp³-hybridized carbons (Fsp3) is 0.333. The van der Waals surface area contributed by atoms with E-state index in [9.17, 15) is 0 Å². The lowest BCUT2D eigenvalue weighted by Crippen LogP contribution is -2.16. The average molecular weight is 211 g/mol. The maximum Gasteiger partial charge on any atom is 0.204 e. The van der Waals surface area contributed by atoms with E-state index in [4.69, 9.17) is 11.6 Å². The van der Waals surface area contributed by atoms with Crippen LogP contribution >= 0.6 is 11.6 Å². The summed E-state index contributed by atoms with van der Waals surface area (Å²) in [5, 5.41) is 0.540. The predicted molar refractivity (Wildman–Crippen MR) is 57.3 cm³/mol. The van der Waals surface area contributed by atoms with Crippen LogP contribution in [0.1, 0.15) is 5.82 Å². The second-order valence-electron chi connectivity index (χ2n) is 3.72. The van der Waals surface area contributed by atoms with Crippen LogP contribution in [0.4, 0.5) is 0 Å². The van der Waals surface area contributed by atoms with Crippen LogP contribution in [0.5, 0.6) is 0 Å². The predicted octanol–water partition coefficient (Wildman–Crippen LogP) is 2.36. The molecular formula is C9H11ClN2Si. The highest BCUT2D eigenvalue weighted by Crippen LogP contribution is 2.02. The minimum atomic E-state index is -1.33. The third-order valence-corrected chi connectivity index (χ3v) is 2.24. The number of hydrogen-bond donors (Lipinski definition) is 0. The van der Waals surface area contributed by atoms with Crippen LogP contribution in [-0.4, -0.2) is 18.0 Å². The molecule has 1 aromatic rings. The molecule has 4 heteroatoms. The summed E-state index contributed by atoms with van der Waals surface area (Å²) in [5.41, 5.74) is 3.18. The summed E-state index contributed by atoms with van der Waals surface area (Å²) < 4.78 is 0. The Balaban J connectivity index is 2.85. The van der Waals surface area contributed by atoms with Gasteiger partial charge in [0.2, 0.25) is 5.82 Å². The number of rotatable bonds is 0. The Morgan fingerprint density at radius 3 is 2.23 bits per heavy atom. The highest BCUT2D eigenvalue weighted by Gasteiger charge is 2.07. The third-order valence-electron chi connectivity index (χ3n) is 1.17. The quantitative estimate of drug-likeness (QED) is 0.486. The van der Waals surface area contributed by atoms with Gasteiger partial charge in [0.05, 0.1) is 17.4 Å². The van der Waals surface area contributed by atoms with Crippen molar-refractivity contribution in [3.8, 4) is 11.5 Å². The fourth-order valence-electron chi connectivity index (χ4n) is 0.620. The van der Waals surface area contributed by atoms with Crippen molar-refractivity contribution in [2.45, 2.75) is 19.6 Å². The molecule has 1 heterocycles. The number of nitrogens with zero attached hydrogens (tertiary/aromatic N) is 2. The highest BCUT2D eigenvalue weighted by atomic mass is 35.5. The van der Waals surface area contributed by atoms with Crippen LogP contribution < -0.4 is 0 Å². The summed E-state index contributed by atoms with van der Waals surface area (Å²) in [5.74, 6) is 3.49. The SMILES string of the molecule is C[Si](C)(C)C#Cc1ncc(Cl)cn1. The first-order valence-electron chi connectivity index (χ1n) is 3.98. The second kappa shape index (κ2) is 3.90. The van der Waals surface area contributed by atoms with Gasteiger partial charge >= 0.3 is 0 Å². The Hall–Kier alpha value is -0.853. The smallest absolute Gasteiger partial charge is 0.204 e. The van der Waals surface area contributed by atoms with Crippen LogP contribution in [0.3, 0.4) is 0 Å². The molecular weight excluding hydrogens is 200 g/mol. The Morgan fingerprint density at radius 1 is 1.23 bits per heavy atom. The van der Waals surface area contributed by atoms with E-state index < -0.39 is 8.07 Å². The molecule has 0 bridgehead atoms. The molecule has 0 fully saturated rings. The van der Waals surface area contributed by atoms with E-state index in [1.165, 1.54) is 0 Å². The lowest BCUT2D eigenvalue weighted by Gasteiger charge is -2.02. The Labute approximate surface area is 84.4 Å². The van der Waals surface area contributed by atoms with Gasteiger partial charge in [0.1, 0.15) is 8.07 Å². The fourth-order valence-corrected chi connectivity index (χ4v) is 1.20. The molecule has 1 rings (SSSR count). The van der Waals surface area contributed by atoms with Crippen molar-refractivity contribution in [2.24, 2.45) is 0 Å². The first-order chi connectivity index (χ1) is 5.97. The lowest BCUT2D eigenvalue weighted by molar-refractivity contribution is 1.13. The van der Waals surface area contributed by atoms with Crippen LogP contribution in [0, 0.1) is 11.5 Å². The van der Waals surface area contributed by atoms with Crippen molar-refractivity contribution >= 4 is 19.7 Å². The van der Waals surface area contributed by atoms with Gasteiger partial charge in [-0.15, -0.1) is 5.54 Å². The minimum Gasteiger partial charge on any atom is -0.228 e. The molecule has 0 saturated heterocycles. The monoisotopic (exact) mass is 210 g/mol. The van der Waals surface area contributed by atoms with Crippen molar-refractivity contribution in [1.29, 1.82) is 0 Å². The Morgan fingerprint density at radius 2 is 1.77 bits per heavy atom. The van der Waals surface area contributed by atoms with E-state index in [1.54, 1.807) is 12.4 Å². The van der Waals surface area contributed by atoms with Gasteiger partial charge in [-0.2, -0.15) is 0 Å². The molecule has 0 unspecified atom stereocenters. The molecule has 0 aliphatic rings. The molecule has 0 atom stereocenters. The van der Waals surface area contributed by atoms with Gasteiger partial charge in [0.25, 0.3) is 0 Å². The van der Waals surface area contributed by atoms with E-state index in [1.807, 2.05) is 0 Å². The third kappa shape index (κ3) is 4.06. The van der Waals surface area contributed by atoms with Crippen molar-refractivity contribution in [1.82, 2.24) is 9.97 Å². The lowest BCUT2D eigenvalue weighted by atomic mass is 10.6. The van der Waals surface area contributed by atoms with Gasteiger partial charge in [-0.25, -0.2) is 9.97 Å². The average Bonchev–Trinajstić information content (AvgIpc) is 2.02. The normalized spacial score (nSPS) is 10.5. The molecule has 0 aromatic carbocycles. The maximum absolute atomic E-state index is 5.64. The summed E-state index contributed by atoms with van der Waals surface area (Å²) >= 11 is 5.64. The summed E-state index contributed by atoms with van der Waals surface area (Å²) in [4.78, 5) is 7.97. The topological polar surface area (TPSA) is 25.8 Å². The van der Waals surface area contributed by atoms with Gasteiger partial charge < -0.3 is 0 Å². The van der Waals surface area contributed by atoms with Crippen LogP contribution in [0.2, 0.25) is 24.7 Å².